The van der Waals surface area contributed by atoms with E-state index in [0.717, 1.165) is 21.1 Å². The number of hydrogen-bond acceptors (Lipinski definition) is 6. The van der Waals surface area contributed by atoms with Crippen LogP contribution in [0.25, 0.3) is 10.6 Å². The van der Waals surface area contributed by atoms with Crippen LogP contribution in [0.5, 0.6) is 0 Å². The molecule has 4 rings (SSSR count). The van der Waals surface area contributed by atoms with Crippen LogP contribution in [0.3, 0.4) is 0 Å². The summed E-state index contributed by atoms with van der Waals surface area (Å²) in [7, 11) is 0. The number of nitrogens with one attached hydrogen (secondary N) is 2. The molecular formula is C16H15N5O2S2. The van der Waals surface area contributed by atoms with E-state index in [9.17, 15) is 9.59 Å². The highest BCUT2D eigenvalue weighted by Crippen LogP contribution is 2.29. The van der Waals surface area contributed by atoms with Crippen molar-refractivity contribution >= 4 is 39.6 Å². The highest BCUT2D eigenvalue weighted by Gasteiger charge is 2.26. The Labute approximate surface area is 151 Å². The molecule has 3 aromatic rings. The first-order chi connectivity index (χ1) is 12.1. The monoisotopic (exact) mass is 373 g/mol. The Kier molecular flexibility index (Phi) is 4.10. The van der Waals surface area contributed by atoms with Gasteiger partial charge >= 0.3 is 0 Å². The number of thiazole rings is 1. The van der Waals surface area contributed by atoms with Gasteiger partial charge in [-0.2, -0.15) is 5.10 Å². The first-order valence-electron chi connectivity index (χ1n) is 7.75. The normalized spacial score (nSPS) is 13.6. The second-order valence-electron chi connectivity index (χ2n) is 5.69. The van der Waals surface area contributed by atoms with E-state index in [1.807, 2.05) is 17.5 Å². The molecule has 7 nitrogen and oxygen atoms in total. The van der Waals surface area contributed by atoms with Crippen LogP contribution in [0.15, 0.2) is 23.6 Å². The number of nitrogens with zero attached hydrogens (tertiary/aromatic N) is 3. The number of aromatic nitrogens is 3. The number of thiophene rings is 1. The van der Waals surface area contributed by atoms with Gasteiger partial charge in [0.25, 0.3) is 5.91 Å². The summed E-state index contributed by atoms with van der Waals surface area (Å²) < 4.78 is 0. The molecule has 9 heteroatoms. The van der Waals surface area contributed by atoms with E-state index in [0.29, 0.717) is 30.3 Å². The second-order valence-corrected chi connectivity index (χ2v) is 7.72. The summed E-state index contributed by atoms with van der Waals surface area (Å²) in [5.41, 5.74) is 2.22. The third-order valence-electron chi connectivity index (χ3n) is 3.89. The number of hydrogen-bond donors (Lipinski definition) is 2. The number of amides is 2. The predicted octanol–water partition coefficient (Wildman–Crippen LogP) is 2.75. The number of fused-ring (bicyclic) bond motifs is 1. The van der Waals surface area contributed by atoms with Gasteiger partial charge in [-0.25, -0.2) is 4.98 Å². The van der Waals surface area contributed by atoms with E-state index in [1.165, 1.54) is 18.3 Å². The van der Waals surface area contributed by atoms with Gasteiger partial charge in [-0.3, -0.25) is 14.7 Å². The maximum Gasteiger partial charge on any atom is 0.274 e. The molecule has 0 aliphatic carbocycles. The maximum absolute atomic E-state index is 12.7. The Morgan fingerprint density at radius 2 is 2.28 bits per heavy atom. The zero-order chi connectivity index (χ0) is 17.4. The van der Waals surface area contributed by atoms with Crippen molar-refractivity contribution in [1.82, 2.24) is 20.1 Å². The summed E-state index contributed by atoms with van der Waals surface area (Å²) in [5.74, 6) is -0.240. The fourth-order valence-corrected chi connectivity index (χ4v) is 4.49. The Balaban J connectivity index is 1.50. The quantitative estimate of drug-likeness (QED) is 0.738. The third-order valence-corrected chi connectivity index (χ3v) is 5.79. The molecule has 0 saturated carbocycles. The molecule has 25 heavy (non-hydrogen) atoms. The van der Waals surface area contributed by atoms with Crippen molar-refractivity contribution in [3.63, 3.8) is 0 Å². The van der Waals surface area contributed by atoms with Gasteiger partial charge < -0.3 is 10.2 Å². The predicted molar refractivity (Wildman–Crippen MR) is 96.8 cm³/mol. The minimum absolute atomic E-state index is 0.0980. The van der Waals surface area contributed by atoms with Gasteiger partial charge in [-0.1, -0.05) is 17.4 Å². The van der Waals surface area contributed by atoms with Crippen LogP contribution in [-0.4, -0.2) is 38.4 Å². The molecule has 0 fully saturated rings. The number of carbonyl (C=O) groups is 2. The lowest BCUT2D eigenvalue weighted by Gasteiger charge is -2.25. The van der Waals surface area contributed by atoms with Crippen molar-refractivity contribution in [1.29, 1.82) is 0 Å². The Morgan fingerprint density at radius 3 is 3.04 bits per heavy atom. The van der Waals surface area contributed by atoms with Crippen LogP contribution in [0.4, 0.5) is 5.13 Å². The molecule has 0 atom stereocenters. The lowest BCUT2D eigenvalue weighted by Crippen LogP contribution is -2.35. The van der Waals surface area contributed by atoms with Gasteiger partial charge in [0.15, 0.2) is 10.8 Å². The van der Waals surface area contributed by atoms with Crippen LogP contribution >= 0.6 is 22.7 Å². The zero-order valence-electron chi connectivity index (χ0n) is 13.4. The Morgan fingerprint density at radius 1 is 1.40 bits per heavy atom. The van der Waals surface area contributed by atoms with Gasteiger partial charge in [0, 0.05) is 24.8 Å². The minimum Gasteiger partial charge on any atom is -0.332 e. The van der Waals surface area contributed by atoms with Gasteiger partial charge in [-0.05, 0) is 17.5 Å². The van der Waals surface area contributed by atoms with Crippen molar-refractivity contribution in [3.8, 4) is 10.6 Å². The average molecular weight is 373 g/mol. The summed E-state index contributed by atoms with van der Waals surface area (Å²) in [5, 5.41) is 12.4. The molecule has 4 heterocycles. The molecule has 1 aliphatic heterocycles. The summed E-state index contributed by atoms with van der Waals surface area (Å²) in [4.78, 5) is 32.2. The molecule has 1 aliphatic rings. The number of aromatic amines is 1. The first kappa shape index (κ1) is 16.0. The van der Waals surface area contributed by atoms with Crippen LogP contribution < -0.4 is 5.32 Å². The molecule has 3 aromatic heterocycles. The van der Waals surface area contributed by atoms with E-state index < -0.39 is 0 Å². The highest BCUT2D eigenvalue weighted by atomic mass is 32.1. The van der Waals surface area contributed by atoms with Crippen molar-refractivity contribution in [2.75, 3.05) is 11.9 Å². The van der Waals surface area contributed by atoms with E-state index >= 15 is 0 Å². The lowest BCUT2D eigenvalue weighted by atomic mass is 10.1. The second kappa shape index (κ2) is 6.41. The Bertz CT molecular complexity index is 928. The van der Waals surface area contributed by atoms with E-state index in [4.69, 9.17) is 0 Å². The van der Waals surface area contributed by atoms with Crippen LogP contribution in [0.2, 0.25) is 0 Å². The summed E-state index contributed by atoms with van der Waals surface area (Å²) in [6.07, 6.45) is 0.680. The van der Waals surface area contributed by atoms with Crippen LogP contribution in [0.1, 0.15) is 28.0 Å². The van der Waals surface area contributed by atoms with Crippen molar-refractivity contribution in [2.24, 2.45) is 0 Å². The lowest BCUT2D eigenvalue weighted by molar-refractivity contribution is -0.114. The van der Waals surface area contributed by atoms with E-state index in [2.05, 4.69) is 20.5 Å². The smallest absolute Gasteiger partial charge is 0.274 e. The van der Waals surface area contributed by atoms with Gasteiger partial charge in [0.2, 0.25) is 5.91 Å². The SMILES string of the molecule is CC(=O)Nc1nc2c(s1)CN(C(=O)c1cc(-c3cccs3)[nH]n1)CC2. The number of rotatable bonds is 3. The summed E-state index contributed by atoms with van der Waals surface area (Å²) in [6.45, 7) is 2.54. The molecule has 0 aromatic carbocycles. The van der Waals surface area contributed by atoms with Crippen molar-refractivity contribution in [3.05, 3.63) is 39.8 Å². The molecule has 0 saturated heterocycles. The number of H-pyrrole nitrogens is 1. The topological polar surface area (TPSA) is 91.0 Å². The molecular weight excluding hydrogens is 358 g/mol. The molecule has 0 unspecified atom stereocenters. The molecule has 128 valence electrons. The maximum atomic E-state index is 12.7. The Hall–Kier alpha value is -2.52. The van der Waals surface area contributed by atoms with E-state index in [1.54, 1.807) is 22.3 Å². The highest BCUT2D eigenvalue weighted by molar-refractivity contribution is 7.15. The molecule has 2 N–H and O–H groups in total. The zero-order valence-corrected chi connectivity index (χ0v) is 15.0. The summed E-state index contributed by atoms with van der Waals surface area (Å²) in [6, 6.07) is 5.74. The van der Waals surface area contributed by atoms with Gasteiger partial charge in [0.05, 0.1) is 22.8 Å². The standard InChI is InChI=1S/C16H15N5O2S2/c1-9(22)17-16-18-10-4-5-21(8-14(10)25-16)15(23)12-7-11(19-20-12)13-3-2-6-24-13/h2-3,6-7H,4-5,8H2,1H3,(H,19,20)(H,17,18,22). The number of carbonyl (C=O) groups excluding carboxylic acids is 2. The molecule has 0 spiro atoms. The first-order valence-corrected chi connectivity index (χ1v) is 9.44. The molecule has 0 radical (unpaired) electrons. The largest absolute Gasteiger partial charge is 0.332 e. The van der Waals surface area contributed by atoms with Gasteiger partial charge in [-0.15, -0.1) is 11.3 Å². The van der Waals surface area contributed by atoms with Crippen LogP contribution in [-0.2, 0) is 17.8 Å². The minimum atomic E-state index is -0.142. The molecule has 0 bridgehead atoms. The fourth-order valence-electron chi connectivity index (χ4n) is 2.72. The van der Waals surface area contributed by atoms with Crippen LogP contribution in [0, 0.1) is 0 Å². The molecule has 2 amide bonds. The van der Waals surface area contributed by atoms with Gasteiger partial charge in [0.1, 0.15) is 0 Å². The fraction of sp³-hybridized carbons (Fsp3) is 0.250. The summed E-state index contributed by atoms with van der Waals surface area (Å²) >= 11 is 3.02. The van der Waals surface area contributed by atoms with Crippen molar-refractivity contribution < 1.29 is 9.59 Å². The average Bonchev–Trinajstić information content (AvgIpc) is 3.31. The van der Waals surface area contributed by atoms with E-state index in [-0.39, 0.29) is 11.8 Å². The van der Waals surface area contributed by atoms with Crippen molar-refractivity contribution in [2.45, 2.75) is 19.9 Å². The number of anilines is 1. The third kappa shape index (κ3) is 3.20.